The number of likely N-dealkylation sites (tertiary alicyclic amines) is 1. The molecule has 1 aromatic carbocycles. The van der Waals surface area contributed by atoms with Gasteiger partial charge in [0.15, 0.2) is 0 Å². The maximum absolute atomic E-state index is 10.8. The van der Waals surface area contributed by atoms with Gasteiger partial charge in [0, 0.05) is 25.5 Å². The molecule has 0 saturated carbocycles. The van der Waals surface area contributed by atoms with Gasteiger partial charge < -0.3 is 5.11 Å². The van der Waals surface area contributed by atoms with Crippen LogP contribution in [0.25, 0.3) is 0 Å². The Hall–Kier alpha value is -1.71. The Labute approximate surface area is 126 Å². The van der Waals surface area contributed by atoms with Crippen LogP contribution in [0.1, 0.15) is 24.0 Å². The molecule has 2 aromatic rings. The summed E-state index contributed by atoms with van der Waals surface area (Å²) in [5.41, 5.74) is 1.71. The zero-order valence-corrected chi connectivity index (χ0v) is 12.3. The van der Waals surface area contributed by atoms with Gasteiger partial charge in [-0.1, -0.05) is 30.3 Å². The van der Waals surface area contributed by atoms with Gasteiger partial charge in [0.05, 0.1) is 0 Å². The van der Waals surface area contributed by atoms with Gasteiger partial charge in [0.2, 0.25) is 0 Å². The third-order valence-electron chi connectivity index (χ3n) is 4.33. The molecule has 21 heavy (non-hydrogen) atoms. The first-order valence-corrected chi connectivity index (χ1v) is 7.65. The summed E-state index contributed by atoms with van der Waals surface area (Å²) in [4.78, 5) is 6.41. The first-order valence-electron chi connectivity index (χ1n) is 7.65. The standard InChI is InChI=1S/C18H22N2O/c21-18(17-6-2-1-3-7-17)10-14-20(15-18)13-4-5-16-8-11-19-12-9-16/h1-3,6-9,11-12,21H,4-5,10,13-15H2. The largest absolute Gasteiger partial charge is 0.384 e. The first-order chi connectivity index (χ1) is 10.3. The number of hydrogen-bond acceptors (Lipinski definition) is 3. The molecule has 1 atom stereocenters. The first kappa shape index (κ1) is 14.2. The van der Waals surface area contributed by atoms with E-state index >= 15 is 0 Å². The zero-order chi connectivity index (χ0) is 14.5. The molecule has 1 N–H and O–H groups in total. The fourth-order valence-corrected chi connectivity index (χ4v) is 3.10. The molecule has 1 saturated heterocycles. The van der Waals surface area contributed by atoms with Crippen molar-refractivity contribution in [3.05, 3.63) is 66.0 Å². The number of benzene rings is 1. The van der Waals surface area contributed by atoms with Crippen molar-refractivity contribution < 1.29 is 5.11 Å². The van der Waals surface area contributed by atoms with E-state index in [1.54, 1.807) is 0 Å². The van der Waals surface area contributed by atoms with E-state index in [9.17, 15) is 5.11 Å². The molecule has 3 rings (SSSR count). The number of hydrogen-bond donors (Lipinski definition) is 1. The highest BCUT2D eigenvalue weighted by Gasteiger charge is 2.36. The minimum absolute atomic E-state index is 0.669. The quantitative estimate of drug-likeness (QED) is 0.916. The molecule has 1 unspecified atom stereocenters. The molecule has 0 aliphatic carbocycles. The van der Waals surface area contributed by atoms with E-state index in [1.807, 2.05) is 42.7 Å². The summed E-state index contributed by atoms with van der Waals surface area (Å²) >= 11 is 0. The molecule has 0 bridgehead atoms. The van der Waals surface area contributed by atoms with Gasteiger partial charge in [-0.2, -0.15) is 0 Å². The SMILES string of the molecule is OC1(c2ccccc2)CCN(CCCc2ccncc2)C1. The van der Waals surface area contributed by atoms with E-state index < -0.39 is 5.60 Å². The summed E-state index contributed by atoms with van der Waals surface area (Å²) in [7, 11) is 0. The van der Waals surface area contributed by atoms with Crippen molar-refractivity contribution in [2.45, 2.75) is 24.9 Å². The van der Waals surface area contributed by atoms with Gasteiger partial charge in [-0.3, -0.25) is 9.88 Å². The van der Waals surface area contributed by atoms with Crippen LogP contribution in [0, 0.1) is 0 Å². The van der Waals surface area contributed by atoms with Crippen LogP contribution in [0.5, 0.6) is 0 Å². The highest BCUT2D eigenvalue weighted by Crippen LogP contribution is 2.31. The smallest absolute Gasteiger partial charge is 0.103 e. The van der Waals surface area contributed by atoms with Crippen molar-refractivity contribution in [2.75, 3.05) is 19.6 Å². The van der Waals surface area contributed by atoms with Crippen LogP contribution in [0.4, 0.5) is 0 Å². The van der Waals surface area contributed by atoms with Gasteiger partial charge in [-0.25, -0.2) is 0 Å². The van der Waals surface area contributed by atoms with E-state index in [2.05, 4.69) is 22.0 Å². The van der Waals surface area contributed by atoms with Crippen LogP contribution >= 0.6 is 0 Å². The number of nitrogens with zero attached hydrogens (tertiary/aromatic N) is 2. The van der Waals surface area contributed by atoms with Crippen LogP contribution in [0.2, 0.25) is 0 Å². The summed E-state index contributed by atoms with van der Waals surface area (Å²) in [6.07, 6.45) is 6.71. The van der Waals surface area contributed by atoms with E-state index in [-0.39, 0.29) is 0 Å². The Bertz CT molecular complexity index is 558. The van der Waals surface area contributed by atoms with Crippen molar-refractivity contribution >= 4 is 0 Å². The monoisotopic (exact) mass is 282 g/mol. The Morgan fingerprint density at radius 1 is 1.10 bits per heavy atom. The van der Waals surface area contributed by atoms with Crippen LogP contribution in [0.15, 0.2) is 54.9 Å². The van der Waals surface area contributed by atoms with E-state index in [0.29, 0.717) is 0 Å². The third-order valence-corrected chi connectivity index (χ3v) is 4.33. The number of pyridine rings is 1. The lowest BCUT2D eigenvalue weighted by molar-refractivity contribution is 0.0460. The Morgan fingerprint density at radius 3 is 2.62 bits per heavy atom. The van der Waals surface area contributed by atoms with Crippen LogP contribution in [-0.2, 0) is 12.0 Å². The number of aliphatic hydroxyl groups is 1. The second-order valence-corrected chi connectivity index (χ2v) is 5.88. The van der Waals surface area contributed by atoms with Gasteiger partial charge in [-0.05, 0) is 49.1 Å². The van der Waals surface area contributed by atoms with Gasteiger partial charge in [0.1, 0.15) is 5.60 Å². The van der Waals surface area contributed by atoms with Gasteiger partial charge in [0.25, 0.3) is 0 Å². The number of aryl methyl sites for hydroxylation is 1. The number of β-amino-alcohol motifs (C(OH)–C–C–N with tert-alkyl or cyclic N) is 1. The van der Waals surface area contributed by atoms with Crippen LogP contribution in [0.3, 0.4) is 0 Å². The highest BCUT2D eigenvalue weighted by atomic mass is 16.3. The van der Waals surface area contributed by atoms with Crippen molar-refractivity contribution in [1.82, 2.24) is 9.88 Å². The molecule has 1 aliphatic rings. The molecule has 3 nitrogen and oxygen atoms in total. The lowest BCUT2D eigenvalue weighted by Gasteiger charge is -2.24. The molecule has 0 amide bonds. The average Bonchev–Trinajstić information content (AvgIpc) is 2.92. The number of rotatable bonds is 5. The fraction of sp³-hybridized carbons (Fsp3) is 0.389. The molecule has 1 aromatic heterocycles. The Balaban J connectivity index is 1.51. The van der Waals surface area contributed by atoms with Crippen molar-refractivity contribution in [1.29, 1.82) is 0 Å². The van der Waals surface area contributed by atoms with Gasteiger partial charge >= 0.3 is 0 Å². The van der Waals surface area contributed by atoms with Crippen LogP contribution < -0.4 is 0 Å². The summed E-state index contributed by atoms with van der Waals surface area (Å²) < 4.78 is 0. The van der Waals surface area contributed by atoms with Crippen LogP contribution in [-0.4, -0.2) is 34.6 Å². The molecule has 0 radical (unpaired) electrons. The molecular formula is C18H22N2O. The lowest BCUT2D eigenvalue weighted by Crippen LogP contribution is -2.31. The third kappa shape index (κ3) is 3.49. The predicted octanol–water partition coefficient (Wildman–Crippen LogP) is 2.61. The molecule has 1 fully saturated rings. The lowest BCUT2D eigenvalue weighted by atomic mass is 9.93. The van der Waals surface area contributed by atoms with Gasteiger partial charge in [-0.15, -0.1) is 0 Å². The minimum atomic E-state index is -0.669. The molecule has 0 spiro atoms. The predicted molar refractivity (Wildman–Crippen MR) is 84.0 cm³/mol. The Kier molecular flexibility index (Phi) is 4.32. The van der Waals surface area contributed by atoms with E-state index in [1.165, 1.54) is 5.56 Å². The molecule has 2 heterocycles. The summed E-state index contributed by atoms with van der Waals surface area (Å²) in [5.74, 6) is 0. The van der Waals surface area contributed by atoms with Crippen molar-refractivity contribution in [3.8, 4) is 0 Å². The molecule has 110 valence electrons. The summed E-state index contributed by atoms with van der Waals surface area (Å²) in [6, 6.07) is 14.2. The Morgan fingerprint density at radius 2 is 1.86 bits per heavy atom. The minimum Gasteiger partial charge on any atom is -0.384 e. The maximum atomic E-state index is 10.8. The van der Waals surface area contributed by atoms with Crippen molar-refractivity contribution in [3.63, 3.8) is 0 Å². The topological polar surface area (TPSA) is 36.4 Å². The average molecular weight is 282 g/mol. The number of aromatic nitrogens is 1. The molecule has 1 aliphatic heterocycles. The fourth-order valence-electron chi connectivity index (χ4n) is 3.10. The zero-order valence-electron chi connectivity index (χ0n) is 12.3. The second-order valence-electron chi connectivity index (χ2n) is 5.88. The van der Waals surface area contributed by atoms with E-state index in [0.717, 1.165) is 44.5 Å². The summed E-state index contributed by atoms with van der Waals surface area (Å²) in [5, 5.41) is 10.8. The van der Waals surface area contributed by atoms with Crippen molar-refractivity contribution in [2.24, 2.45) is 0 Å². The second kappa shape index (κ2) is 6.37. The maximum Gasteiger partial charge on any atom is 0.103 e. The normalized spacial score (nSPS) is 22.5. The highest BCUT2D eigenvalue weighted by molar-refractivity contribution is 5.24. The van der Waals surface area contributed by atoms with E-state index in [4.69, 9.17) is 0 Å². The molecule has 3 heteroatoms. The summed E-state index contributed by atoms with van der Waals surface area (Å²) in [6.45, 7) is 2.76. The molecular weight excluding hydrogens is 260 g/mol.